The van der Waals surface area contributed by atoms with Crippen LogP contribution in [0.3, 0.4) is 0 Å². The number of amides is 1. The highest BCUT2D eigenvalue weighted by Crippen LogP contribution is 2.12. The summed E-state index contributed by atoms with van der Waals surface area (Å²) in [7, 11) is 0. The molecule has 19 heavy (non-hydrogen) atoms. The highest BCUT2D eigenvalue weighted by Gasteiger charge is 2.06. The molecule has 1 heterocycles. The summed E-state index contributed by atoms with van der Waals surface area (Å²) in [5, 5.41) is 23.4. The fourth-order valence-electron chi connectivity index (χ4n) is 1.27. The van der Waals surface area contributed by atoms with Crippen LogP contribution < -0.4 is 11.2 Å². The smallest absolute Gasteiger partial charge is 0.261 e. The van der Waals surface area contributed by atoms with Crippen molar-refractivity contribution in [2.45, 2.75) is 6.54 Å². The van der Waals surface area contributed by atoms with E-state index in [-0.39, 0.29) is 18.2 Å². The van der Waals surface area contributed by atoms with E-state index in [1.54, 1.807) is 18.2 Å². The third kappa shape index (κ3) is 3.25. The number of benzene rings is 1. The molecule has 0 radical (unpaired) electrons. The van der Waals surface area contributed by atoms with Crippen molar-refractivity contribution in [1.82, 2.24) is 25.6 Å². The number of carbonyl (C=O) groups is 1. The molecular weight excluding hydrogens is 250 g/mol. The van der Waals surface area contributed by atoms with Crippen molar-refractivity contribution in [2.24, 2.45) is 5.10 Å². The molecule has 9 heteroatoms. The SMILES string of the molecule is Nc1nnnn1CC(=O)NN=Cc1ccccc1O. The highest BCUT2D eigenvalue weighted by atomic mass is 16.3. The van der Waals surface area contributed by atoms with Crippen LogP contribution in [0.15, 0.2) is 29.4 Å². The van der Waals surface area contributed by atoms with Crippen LogP contribution in [0.4, 0.5) is 5.95 Å². The average Bonchev–Trinajstić information content (AvgIpc) is 2.77. The first-order valence-corrected chi connectivity index (χ1v) is 5.28. The van der Waals surface area contributed by atoms with Crippen LogP contribution in [0.25, 0.3) is 0 Å². The Kier molecular flexibility index (Phi) is 3.67. The van der Waals surface area contributed by atoms with Gasteiger partial charge >= 0.3 is 0 Å². The van der Waals surface area contributed by atoms with Crippen LogP contribution in [-0.4, -0.2) is 37.4 Å². The Morgan fingerprint density at radius 2 is 2.32 bits per heavy atom. The first-order valence-electron chi connectivity index (χ1n) is 5.28. The van der Waals surface area contributed by atoms with Crippen molar-refractivity contribution in [3.63, 3.8) is 0 Å². The van der Waals surface area contributed by atoms with Gasteiger partial charge in [-0.2, -0.15) is 5.10 Å². The zero-order valence-electron chi connectivity index (χ0n) is 9.76. The van der Waals surface area contributed by atoms with Crippen LogP contribution in [0.5, 0.6) is 5.75 Å². The lowest BCUT2D eigenvalue weighted by Gasteiger charge is -2.00. The molecule has 98 valence electrons. The second kappa shape index (κ2) is 5.58. The van der Waals surface area contributed by atoms with Crippen molar-refractivity contribution in [1.29, 1.82) is 0 Å². The molecule has 0 spiro atoms. The second-order valence-corrected chi connectivity index (χ2v) is 3.55. The number of hydrazone groups is 1. The Labute approximate surface area is 107 Å². The van der Waals surface area contributed by atoms with Crippen molar-refractivity contribution >= 4 is 18.1 Å². The molecule has 0 atom stereocenters. The number of hydrogen-bond donors (Lipinski definition) is 3. The molecule has 0 saturated carbocycles. The van der Waals surface area contributed by atoms with Crippen molar-refractivity contribution < 1.29 is 9.90 Å². The summed E-state index contributed by atoms with van der Waals surface area (Å²) in [6.45, 7) is -0.142. The van der Waals surface area contributed by atoms with E-state index in [9.17, 15) is 9.90 Å². The van der Waals surface area contributed by atoms with Crippen LogP contribution >= 0.6 is 0 Å². The van der Waals surface area contributed by atoms with Gasteiger partial charge in [0, 0.05) is 5.56 Å². The van der Waals surface area contributed by atoms with Gasteiger partial charge in [0.15, 0.2) is 0 Å². The van der Waals surface area contributed by atoms with Gasteiger partial charge in [-0.15, -0.1) is 0 Å². The van der Waals surface area contributed by atoms with Crippen LogP contribution in [0.1, 0.15) is 5.56 Å². The number of rotatable bonds is 4. The first kappa shape index (κ1) is 12.5. The Morgan fingerprint density at radius 1 is 1.53 bits per heavy atom. The molecule has 9 nitrogen and oxygen atoms in total. The zero-order chi connectivity index (χ0) is 13.7. The minimum atomic E-state index is -0.439. The van der Waals surface area contributed by atoms with Crippen LogP contribution in [0.2, 0.25) is 0 Å². The summed E-state index contributed by atoms with van der Waals surface area (Å²) in [5.41, 5.74) is 8.17. The number of aromatic hydroxyl groups is 1. The number of para-hydroxylation sites is 1. The van der Waals surface area contributed by atoms with Gasteiger partial charge in [0.05, 0.1) is 6.21 Å². The highest BCUT2D eigenvalue weighted by molar-refractivity contribution is 5.84. The van der Waals surface area contributed by atoms with E-state index in [0.29, 0.717) is 5.56 Å². The van der Waals surface area contributed by atoms with E-state index in [4.69, 9.17) is 5.73 Å². The maximum absolute atomic E-state index is 11.5. The molecule has 0 unspecified atom stereocenters. The number of phenols is 1. The van der Waals surface area contributed by atoms with Crippen LogP contribution in [-0.2, 0) is 11.3 Å². The maximum atomic E-state index is 11.5. The lowest BCUT2D eigenvalue weighted by molar-refractivity contribution is -0.121. The second-order valence-electron chi connectivity index (χ2n) is 3.55. The number of nitrogens with one attached hydrogen (secondary N) is 1. The fraction of sp³-hybridized carbons (Fsp3) is 0.100. The molecule has 0 aliphatic rings. The van der Waals surface area contributed by atoms with E-state index in [1.165, 1.54) is 12.3 Å². The van der Waals surface area contributed by atoms with E-state index < -0.39 is 5.91 Å². The van der Waals surface area contributed by atoms with Crippen molar-refractivity contribution in [3.05, 3.63) is 29.8 Å². The molecule has 0 fully saturated rings. The summed E-state index contributed by atoms with van der Waals surface area (Å²) in [6, 6.07) is 6.60. The summed E-state index contributed by atoms with van der Waals surface area (Å²) < 4.78 is 1.13. The molecule has 2 aromatic rings. The van der Waals surface area contributed by atoms with Gasteiger partial charge in [-0.1, -0.05) is 17.2 Å². The summed E-state index contributed by atoms with van der Waals surface area (Å²) in [5.74, 6) is -0.323. The van der Waals surface area contributed by atoms with Crippen molar-refractivity contribution in [2.75, 3.05) is 5.73 Å². The predicted octanol–water partition coefficient (Wildman–Crippen LogP) is -0.889. The minimum Gasteiger partial charge on any atom is -0.507 e. The molecule has 1 aromatic heterocycles. The molecule has 0 aliphatic carbocycles. The van der Waals surface area contributed by atoms with Gasteiger partial charge in [0.25, 0.3) is 5.91 Å². The monoisotopic (exact) mass is 261 g/mol. The van der Waals surface area contributed by atoms with Crippen LogP contribution in [0, 0.1) is 0 Å². The van der Waals surface area contributed by atoms with E-state index >= 15 is 0 Å². The van der Waals surface area contributed by atoms with Gasteiger partial charge in [-0.3, -0.25) is 4.79 Å². The molecule has 4 N–H and O–H groups in total. The molecular formula is C10H11N7O2. The lowest BCUT2D eigenvalue weighted by atomic mass is 10.2. The largest absolute Gasteiger partial charge is 0.507 e. The minimum absolute atomic E-state index is 0.0415. The zero-order valence-corrected chi connectivity index (χ0v) is 9.76. The number of hydrogen-bond acceptors (Lipinski definition) is 7. The number of carbonyl (C=O) groups excluding carboxylic acids is 1. The third-order valence-electron chi connectivity index (χ3n) is 2.18. The Balaban J connectivity index is 1.91. The number of nitrogens with two attached hydrogens (primary N) is 1. The number of nitrogens with zero attached hydrogens (tertiary/aromatic N) is 5. The number of tetrazole rings is 1. The Hall–Kier alpha value is -2.97. The standard InChI is InChI=1S/C10H11N7O2/c11-10-14-15-16-17(10)6-9(19)13-12-5-7-3-1-2-4-8(7)18/h1-5,18H,6H2,(H,13,19)(H2,11,14,16). The Bertz CT molecular complexity index is 607. The van der Waals surface area contributed by atoms with Crippen molar-refractivity contribution in [3.8, 4) is 5.75 Å². The molecule has 1 aromatic carbocycles. The van der Waals surface area contributed by atoms with Gasteiger partial charge in [0.1, 0.15) is 12.3 Å². The van der Waals surface area contributed by atoms with Gasteiger partial charge in [0.2, 0.25) is 5.95 Å². The summed E-state index contributed by atoms with van der Waals surface area (Å²) in [4.78, 5) is 11.5. The third-order valence-corrected chi connectivity index (χ3v) is 2.18. The van der Waals surface area contributed by atoms with E-state index in [1.807, 2.05) is 0 Å². The number of phenolic OH excluding ortho intramolecular Hbond substituents is 1. The first-order chi connectivity index (χ1) is 9.16. The predicted molar refractivity (Wildman–Crippen MR) is 66.1 cm³/mol. The molecule has 0 aliphatic heterocycles. The lowest BCUT2D eigenvalue weighted by Crippen LogP contribution is -2.24. The Morgan fingerprint density at radius 3 is 3.00 bits per heavy atom. The van der Waals surface area contributed by atoms with E-state index in [0.717, 1.165) is 4.68 Å². The quantitative estimate of drug-likeness (QED) is 0.483. The summed E-state index contributed by atoms with van der Waals surface area (Å²) in [6.07, 6.45) is 1.33. The van der Waals surface area contributed by atoms with Gasteiger partial charge < -0.3 is 10.8 Å². The maximum Gasteiger partial charge on any atom is 0.261 e. The summed E-state index contributed by atoms with van der Waals surface area (Å²) >= 11 is 0. The van der Waals surface area contributed by atoms with Gasteiger partial charge in [-0.05, 0) is 22.6 Å². The molecule has 0 bridgehead atoms. The van der Waals surface area contributed by atoms with Gasteiger partial charge in [-0.25, -0.2) is 10.1 Å². The fourth-order valence-corrected chi connectivity index (χ4v) is 1.27. The number of anilines is 1. The molecule has 1 amide bonds. The normalized spacial score (nSPS) is 10.7. The number of aromatic nitrogens is 4. The number of nitrogen functional groups attached to an aromatic ring is 1. The average molecular weight is 261 g/mol. The van der Waals surface area contributed by atoms with E-state index in [2.05, 4.69) is 26.1 Å². The topological polar surface area (TPSA) is 131 Å². The molecule has 0 saturated heterocycles. The molecule has 2 rings (SSSR count).